The first-order chi connectivity index (χ1) is 14.4. The first-order valence-electron chi connectivity index (χ1n) is 9.11. The average molecular weight is 442 g/mol. The van der Waals surface area contributed by atoms with Gasteiger partial charge in [-0.2, -0.15) is 0 Å². The van der Waals surface area contributed by atoms with Crippen LogP contribution in [0.1, 0.15) is 18.7 Å². The van der Waals surface area contributed by atoms with Gasteiger partial charge in [0.15, 0.2) is 5.11 Å². The van der Waals surface area contributed by atoms with Crippen molar-refractivity contribution < 1.29 is 13.6 Å². The van der Waals surface area contributed by atoms with E-state index in [0.29, 0.717) is 38.6 Å². The van der Waals surface area contributed by atoms with E-state index in [-0.39, 0.29) is 11.7 Å². The molecule has 2 heterocycles. The number of carbonyl (C=O) groups is 1. The SMILES string of the molecule is CC1=C(C(=O)Nc2ccc(F)cc2)C(c2ccc(-c3cccc(Cl)c3)o2)NC(=S)N1. The van der Waals surface area contributed by atoms with E-state index >= 15 is 0 Å². The quantitative estimate of drug-likeness (QED) is 0.487. The van der Waals surface area contributed by atoms with Gasteiger partial charge in [0.1, 0.15) is 23.4 Å². The highest BCUT2D eigenvalue weighted by Gasteiger charge is 2.32. The van der Waals surface area contributed by atoms with E-state index in [9.17, 15) is 9.18 Å². The van der Waals surface area contributed by atoms with Crippen LogP contribution in [0.3, 0.4) is 0 Å². The van der Waals surface area contributed by atoms with Gasteiger partial charge >= 0.3 is 0 Å². The fourth-order valence-electron chi connectivity index (χ4n) is 3.24. The molecule has 0 fully saturated rings. The highest BCUT2D eigenvalue weighted by Crippen LogP contribution is 2.32. The van der Waals surface area contributed by atoms with Gasteiger partial charge in [-0.05, 0) is 67.7 Å². The molecule has 5 nitrogen and oxygen atoms in total. The number of hydrogen-bond acceptors (Lipinski definition) is 3. The number of benzene rings is 2. The third kappa shape index (κ3) is 4.22. The van der Waals surface area contributed by atoms with Gasteiger partial charge in [0.25, 0.3) is 5.91 Å². The number of halogens is 2. The molecule has 152 valence electrons. The molecular formula is C22H17ClFN3O2S. The summed E-state index contributed by atoms with van der Waals surface area (Å²) in [6.07, 6.45) is 0. The number of amides is 1. The van der Waals surface area contributed by atoms with Crippen molar-refractivity contribution in [3.63, 3.8) is 0 Å². The summed E-state index contributed by atoms with van der Waals surface area (Å²) < 4.78 is 19.2. The second kappa shape index (κ2) is 8.30. The predicted octanol–water partition coefficient (Wildman–Crippen LogP) is 5.17. The zero-order valence-electron chi connectivity index (χ0n) is 15.8. The molecule has 0 spiro atoms. The van der Waals surface area contributed by atoms with Crippen LogP contribution in [-0.2, 0) is 4.79 Å². The fourth-order valence-corrected chi connectivity index (χ4v) is 3.71. The molecule has 1 unspecified atom stereocenters. The zero-order chi connectivity index (χ0) is 21.3. The van der Waals surface area contributed by atoms with Crippen LogP contribution in [0.2, 0.25) is 5.02 Å². The maximum absolute atomic E-state index is 13.2. The molecule has 0 aliphatic carbocycles. The van der Waals surface area contributed by atoms with Gasteiger partial charge in [0, 0.05) is 22.0 Å². The Bertz CT molecular complexity index is 1160. The minimum absolute atomic E-state index is 0.354. The first kappa shape index (κ1) is 20.1. The van der Waals surface area contributed by atoms with Gasteiger partial charge in [0.2, 0.25) is 0 Å². The molecule has 1 aromatic heterocycles. The van der Waals surface area contributed by atoms with E-state index in [4.69, 9.17) is 28.2 Å². The van der Waals surface area contributed by atoms with Gasteiger partial charge in [0.05, 0.1) is 5.57 Å². The minimum Gasteiger partial charge on any atom is -0.459 e. The van der Waals surface area contributed by atoms with Crippen molar-refractivity contribution in [1.29, 1.82) is 0 Å². The van der Waals surface area contributed by atoms with Crippen molar-refractivity contribution in [2.24, 2.45) is 0 Å². The minimum atomic E-state index is -0.591. The largest absolute Gasteiger partial charge is 0.459 e. The normalized spacial score (nSPS) is 16.1. The molecule has 0 saturated heterocycles. The Labute approximate surface area is 182 Å². The summed E-state index contributed by atoms with van der Waals surface area (Å²) in [6, 6.07) is 15.9. The number of carbonyl (C=O) groups excluding carboxylic acids is 1. The van der Waals surface area contributed by atoms with Gasteiger partial charge in [-0.3, -0.25) is 4.79 Å². The lowest BCUT2D eigenvalue weighted by atomic mass is 10.00. The molecule has 4 rings (SSSR count). The van der Waals surface area contributed by atoms with Crippen molar-refractivity contribution in [3.05, 3.63) is 88.5 Å². The van der Waals surface area contributed by atoms with Gasteiger partial charge < -0.3 is 20.4 Å². The molecule has 0 radical (unpaired) electrons. The van der Waals surface area contributed by atoms with Crippen molar-refractivity contribution in [2.75, 3.05) is 5.32 Å². The summed E-state index contributed by atoms with van der Waals surface area (Å²) in [5.41, 5.74) is 2.32. The third-order valence-electron chi connectivity index (χ3n) is 4.64. The summed E-state index contributed by atoms with van der Waals surface area (Å²) in [4.78, 5) is 13.0. The van der Waals surface area contributed by atoms with E-state index in [2.05, 4.69) is 16.0 Å². The smallest absolute Gasteiger partial charge is 0.255 e. The standard InChI is InChI=1S/C22H17ClFN3O2S/c1-12-19(21(28)26-16-7-5-15(24)6-8-16)20(27-22(30)25-12)18-10-9-17(29-18)13-3-2-4-14(23)11-13/h2-11,20H,1H3,(H,26,28)(H2,25,27,30). The van der Waals surface area contributed by atoms with Crippen molar-refractivity contribution in [3.8, 4) is 11.3 Å². The number of nitrogens with one attached hydrogen (secondary N) is 3. The second-order valence-electron chi connectivity index (χ2n) is 6.74. The molecule has 0 saturated carbocycles. The first-order valence-corrected chi connectivity index (χ1v) is 9.90. The van der Waals surface area contributed by atoms with Gasteiger partial charge in [-0.25, -0.2) is 4.39 Å². The summed E-state index contributed by atoms with van der Waals surface area (Å²) in [5.74, 6) is 0.413. The number of furan rings is 1. The van der Waals surface area contributed by atoms with Crippen molar-refractivity contribution in [1.82, 2.24) is 10.6 Å². The number of hydrogen-bond donors (Lipinski definition) is 3. The van der Waals surface area contributed by atoms with Crippen LogP contribution < -0.4 is 16.0 Å². The van der Waals surface area contributed by atoms with Crippen molar-refractivity contribution in [2.45, 2.75) is 13.0 Å². The lowest BCUT2D eigenvalue weighted by molar-refractivity contribution is -0.113. The Morgan fingerprint density at radius 2 is 1.93 bits per heavy atom. The average Bonchev–Trinajstić information content (AvgIpc) is 3.19. The van der Waals surface area contributed by atoms with Crippen LogP contribution in [-0.4, -0.2) is 11.0 Å². The van der Waals surface area contributed by atoms with Crippen LogP contribution in [0.15, 0.2) is 76.4 Å². The molecule has 30 heavy (non-hydrogen) atoms. The number of rotatable bonds is 4. The fraction of sp³-hybridized carbons (Fsp3) is 0.0909. The van der Waals surface area contributed by atoms with Crippen LogP contribution >= 0.6 is 23.8 Å². The third-order valence-corrected chi connectivity index (χ3v) is 5.09. The maximum atomic E-state index is 13.2. The molecular weight excluding hydrogens is 425 g/mol. The summed E-state index contributed by atoms with van der Waals surface area (Å²) in [6.45, 7) is 1.76. The van der Waals surface area contributed by atoms with Crippen LogP contribution in [0, 0.1) is 5.82 Å². The maximum Gasteiger partial charge on any atom is 0.255 e. The Hall–Kier alpha value is -3.16. The summed E-state index contributed by atoms with van der Waals surface area (Å²) >= 11 is 11.3. The Morgan fingerprint density at radius 3 is 2.67 bits per heavy atom. The molecule has 2 aromatic carbocycles. The van der Waals surface area contributed by atoms with E-state index < -0.39 is 6.04 Å². The van der Waals surface area contributed by atoms with E-state index in [1.807, 2.05) is 18.2 Å². The monoisotopic (exact) mass is 441 g/mol. The number of allylic oxidation sites excluding steroid dienone is 1. The van der Waals surface area contributed by atoms with Gasteiger partial charge in [-0.1, -0.05) is 23.7 Å². The summed E-state index contributed by atoms with van der Waals surface area (Å²) in [5, 5.41) is 9.83. The topological polar surface area (TPSA) is 66.3 Å². The molecule has 3 aromatic rings. The second-order valence-corrected chi connectivity index (χ2v) is 7.59. The molecule has 1 amide bonds. The van der Waals surface area contributed by atoms with E-state index in [0.717, 1.165) is 5.56 Å². The highest BCUT2D eigenvalue weighted by atomic mass is 35.5. The Balaban J connectivity index is 1.65. The van der Waals surface area contributed by atoms with Crippen LogP contribution in [0.25, 0.3) is 11.3 Å². The lowest BCUT2D eigenvalue weighted by Crippen LogP contribution is -2.45. The molecule has 8 heteroatoms. The van der Waals surface area contributed by atoms with Gasteiger partial charge in [-0.15, -0.1) is 0 Å². The molecule has 1 aliphatic heterocycles. The summed E-state index contributed by atoms with van der Waals surface area (Å²) in [7, 11) is 0. The van der Waals surface area contributed by atoms with Crippen LogP contribution in [0.4, 0.5) is 10.1 Å². The van der Waals surface area contributed by atoms with Crippen molar-refractivity contribution >= 4 is 40.5 Å². The molecule has 0 bridgehead atoms. The lowest BCUT2D eigenvalue weighted by Gasteiger charge is -2.28. The molecule has 3 N–H and O–H groups in total. The highest BCUT2D eigenvalue weighted by molar-refractivity contribution is 7.80. The van der Waals surface area contributed by atoms with E-state index in [1.165, 1.54) is 24.3 Å². The zero-order valence-corrected chi connectivity index (χ0v) is 17.4. The predicted molar refractivity (Wildman–Crippen MR) is 118 cm³/mol. The number of thiocarbonyl (C=S) groups is 1. The van der Waals surface area contributed by atoms with E-state index in [1.54, 1.807) is 25.1 Å². The Morgan fingerprint density at radius 1 is 1.17 bits per heavy atom. The Kier molecular flexibility index (Phi) is 5.57. The molecule has 1 atom stereocenters. The van der Waals surface area contributed by atoms with Crippen LogP contribution in [0.5, 0.6) is 0 Å². The molecule has 1 aliphatic rings. The number of anilines is 1.